The fourth-order valence-electron chi connectivity index (χ4n) is 2.85. The third-order valence-corrected chi connectivity index (χ3v) is 4.05. The molecule has 11 nitrogen and oxygen atoms in total. The highest BCUT2D eigenvalue weighted by Gasteiger charge is 2.47. The summed E-state index contributed by atoms with van der Waals surface area (Å²) in [5, 5.41) is 20.7. The van der Waals surface area contributed by atoms with E-state index in [1.54, 1.807) is 30.2 Å². The predicted molar refractivity (Wildman–Crippen MR) is 96.6 cm³/mol. The Balaban J connectivity index is 1.91. The van der Waals surface area contributed by atoms with Gasteiger partial charge < -0.3 is 24.7 Å². The SMILES string of the molecule is CN(C)C=Nc1ncnc2c1ncn2[C@@H]1O[C@H](C(=O)CN(C)C)[C@@H](O)[C@H]1O. The zero-order valence-corrected chi connectivity index (χ0v) is 15.6. The molecule has 0 unspecified atom stereocenters. The lowest BCUT2D eigenvalue weighted by molar-refractivity contribution is -0.135. The number of hydrogen-bond donors (Lipinski definition) is 2. The molecule has 0 aliphatic carbocycles. The molecule has 1 saturated heterocycles. The standard InChI is InChI=1S/C16H23N7O4/c1-21(2)5-9(24)13-11(25)12(26)16(27-13)23-8-19-10-14(20-7-22(3)4)17-6-18-15(10)23/h6-8,11-13,16,25-26H,5H2,1-4H3/t11-,12+,13+,16+/m0/s1. The molecule has 0 aromatic carbocycles. The lowest BCUT2D eigenvalue weighted by atomic mass is 10.1. The van der Waals surface area contributed by atoms with Gasteiger partial charge in [-0.05, 0) is 14.1 Å². The number of aliphatic imine (C=N–C) groups is 1. The molecule has 0 spiro atoms. The second kappa shape index (κ2) is 7.64. The zero-order chi connectivity index (χ0) is 19.7. The van der Waals surface area contributed by atoms with E-state index < -0.39 is 24.5 Å². The number of aromatic nitrogens is 4. The number of aliphatic hydroxyl groups is 2. The van der Waals surface area contributed by atoms with Crippen LogP contribution < -0.4 is 0 Å². The normalized spacial score (nSPS) is 25.7. The summed E-state index contributed by atoms with van der Waals surface area (Å²) in [7, 11) is 7.14. The molecule has 0 radical (unpaired) electrons. The summed E-state index contributed by atoms with van der Waals surface area (Å²) in [5.41, 5.74) is 0.803. The smallest absolute Gasteiger partial charge is 0.184 e. The van der Waals surface area contributed by atoms with Crippen molar-refractivity contribution in [1.29, 1.82) is 0 Å². The minimum Gasteiger partial charge on any atom is -0.387 e. The van der Waals surface area contributed by atoms with Crippen molar-refractivity contribution in [3.8, 4) is 0 Å². The highest BCUT2D eigenvalue weighted by atomic mass is 16.6. The van der Waals surface area contributed by atoms with Crippen molar-refractivity contribution < 1.29 is 19.7 Å². The fourth-order valence-corrected chi connectivity index (χ4v) is 2.85. The molecular weight excluding hydrogens is 354 g/mol. The maximum atomic E-state index is 12.3. The second-order valence-electron chi connectivity index (χ2n) is 6.86. The first-order valence-electron chi connectivity index (χ1n) is 8.36. The van der Waals surface area contributed by atoms with Gasteiger partial charge in [0.1, 0.15) is 24.6 Å². The van der Waals surface area contributed by atoms with Crippen molar-refractivity contribution in [2.24, 2.45) is 4.99 Å². The number of imidazole rings is 1. The minimum atomic E-state index is -1.34. The molecule has 146 valence electrons. The van der Waals surface area contributed by atoms with Crippen LogP contribution in [0.5, 0.6) is 0 Å². The van der Waals surface area contributed by atoms with Crippen LogP contribution in [0, 0.1) is 0 Å². The molecule has 0 saturated carbocycles. The quantitative estimate of drug-likeness (QED) is 0.471. The van der Waals surface area contributed by atoms with Crippen LogP contribution in [0.3, 0.4) is 0 Å². The maximum absolute atomic E-state index is 12.3. The third-order valence-electron chi connectivity index (χ3n) is 4.05. The highest BCUT2D eigenvalue weighted by Crippen LogP contribution is 2.33. The number of carbonyl (C=O) groups excluding carboxylic acids is 1. The van der Waals surface area contributed by atoms with Gasteiger partial charge in [0.2, 0.25) is 0 Å². The van der Waals surface area contributed by atoms with E-state index in [1.807, 2.05) is 14.1 Å². The molecule has 3 heterocycles. The second-order valence-corrected chi connectivity index (χ2v) is 6.86. The molecular formula is C16H23N7O4. The zero-order valence-electron chi connectivity index (χ0n) is 15.6. The highest BCUT2D eigenvalue weighted by molar-refractivity contribution is 5.86. The van der Waals surface area contributed by atoms with Gasteiger partial charge in [-0.1, -0.05) is 0 Å². The Morgan fingerprint density at radius 1 is 1.26 bits per heavy atom. The van der Waals surface area contributed by atoms with Crippen LogP contribution in [-0.4, -0.2) is 105 Å². The van der Waals surface area contributed by atoms with Crippen LogP contribution in [0.2, 0.25) is 0 Å². The van der Waals surface area contributed by atoms with Crippen molar-refractivity contribution in [2.45, 2.75) is 24.5 Å². The van der Waals surface area contributed by atoms with Gasteiger partial charge in [-0.25, -0.2) is 19.9 Å². The van der Waals surface area contributed by atoms with Gasteiger partial charge in [0, 0.05) is 14.1 Å². The van der Waals surface area contributed by atoms with Crippen LogP contribution in [-0.2, 0) is 9.53 Å². The molecule has 1 aliphatic heterocycles. The number of hydrogen-bond acceptors (Lipinski definition) is 9. The molecule has 0 bridgehead atoms. The van der Waals surface area contributed by atoms with Gasteiger partial charge in [-0.15, -0.1) is 0 Å². The summed E-state index contributed by atoms with van der Waals surface area (Å²) >= 11 is 0. The molecule has 1 fully saturated rings. The van der Waals surface area contributed by atoms with Gasteiger partial charge >= 0.3 is 0 Å². The van der Waals surface area contributed by atoms with Crippen molar-refractivity contribution in [2.75, 3.05) is 34.7 Å². The molecule has 2 aromatic heterocycles. The van der Waals surface area contributed by atoms with E-state index in [0.717, 1.165) is 0 Å². The molecule has 2 N–H and O–H groups in total. The van der Waals surface area contributed by atoms with Crippen molar-refractivity contribution in [1.82, 2.24) is 29.3 Å². The van der Waals surface area contributed by atoms with E-state index >= 15 is 0 Å². The van der Waals surface area contributed by atoms with Crippen LogP contribution in [0.4, 0.5) is 5.82 Å². The first-order chi connectivity index (χ1) is 12.8. The maximum Gasteiger partial charge on any atom is 0.184 e. The molecule has 11 heteroatoms. The van der Waals surface area contributed by atoms with Gasteiger partial charge in [0.05, 0.1) is 19.2 Å². The molecule has 4 atom stereocenters. The Kier molecular flexibility index (Phi) is 5.46. The van der Waals surface area contributed by atoms with E-state index in [2.05, 4.69) is 19.9 Å². The number of fused-ring (bicyclic) bond motifs is 1. The van der Waals surface area contributed by atoms with Crippen molar-refractivity contribution in [3.05, 3.63) is 12.7 Å². The van der Waals surface area contributed by atoms with E-state index in [0.29, 0.717) is 17.0 Å². The monoisotopic (exact) mass is 377 g/mol. The van der Waals surface area contributed by atoms with Crippen LogP contribution in [0.15, 0.2) is 17.6 Å². The van der Waals surface area contributed by atoms with E-state index in [1.165, 1.54) is 17.2 Å². The molecule has 27 heavy (non-hydrogen) atoms. The number of ketones is 1. The molecule has 1 aliphatic rings. The van der Waals surface area contributed by atoms with Gasteiger partial charge in [-0.3, -0.25) is 9.36 Å². The van der Waals surface area contributed by atoms with Crippen LogP contribution in [0.25, 0.3) is 11.2 Å². The number of rotatable bonds is 6. The minimum absolute atomic E-state index is 0.0947. The Bertz CT molecular complexity index is 850. The summed E-state index contributed by atoms with van der Waals surface area (Å²) in [6.07, 6.45) is -0.431. The number of carbonyl (C=O) groups is 1. The first-order valence-corrected chi connectivity index (χ1v) is 8.36. The summed E-state index contributed by atoms with van der Waals surface area (Å²) in [6.45, 7) is 0.0947. The van der Waals surface area contributed by atoms with Crippen molar-refractivity contribution in [3.63, 3.8) is 0 Å². The lowest BCUT2D eigenvalue weighted by Crippen LogP contribution is -2.40. The number of nitrogens with zero attached hydrogens (tertiary/aromatic N) is 7. The largest absolute Gasteiger partial charge is 0.387 e. The predicted octanol–water partition coefficient (Wildman–Crippen LogP) is -1.20. The Hall–Kier alpha value is -2.47. The molecule has 2 aromatic rings. The van der Waals surface area contributed by atoms with E-state index in [-0.39, 0.29) is 12.3 Å². The average Bonchev–Trinajstić information content (AvgIpc) is 3.15. The van der Waals surface area contributed by atoms with Crippen LogP contribution >= 0.6 is 0 Å². The molecule has 3 rings (SSSR count). The lowest BCUT2D eigenvalue weighted by Gasteiger charge is -2.16. The third kappa shape index (κ3) is 3.81. The van der Waals surface area contributed by atoms with Gasteiger partial charge in [-0.2, -0.15) is 0 Å². The van der Waals surface area contributed by atoms with Gasteiger partial charge in [0.25, 0.3) is 0 Å². The number of Topliss-reactive ketones (excluding diaryl/α,β-unsaturated/α-hetero) is 1. The summed E-state index contributed by atoms with van der Waals surface area (Å²) < 4.78 is 7.15. The summed E-state index contributed by atoms with van der Waals surface area (Å²) in [6, 6.07) is 0. The Morgan fingerprint density at radius 3 is 2.67 bits per heavy atom. The average molecular weight is 377 g/mol. The van der Waals surface area contributed by atoms with Crippen LogP contribution in [0.1, 0.15) is 6.23 Å². The fraction of sp³-hybridized carbons (Fsp3) is 0.562. The number of likely N-dealkylation sites (N-methyl/N-ethyl adjacent to an activating group) is 1. The van der Waals surface area contributed by atoms with Crippen molar-refractivity contribution >= 4 is 29.1 Å². The topological polar surface area (TPSA) is 129 Å². The Morgan fingerprint density at radius 2 is 2.00 bits per heavy atom. The molecule has 0 amide bonds. The van der Waals surface area contributed by atoms with E-state index in [4.69, 9.17) is 4.74 Å². The van der Waals surface area contributed by atoms with Gasteiger partial charge in [0.15, 0.2) is 29.0 Å². The Labute approximate surface area is 155 Å². The summed E-state index contributed by atoms with van der Waals surface area (Å²) in [5.74, 6) is 0.0464. The number of ether oxygens (including phenoxy) is 1. The summed E-state index contributed by atoms with van der Waals surface area (Å²) in [4.78, 5) is 32.5. The number of aliphatic hydroxyl groups excluding tert-OH is 2. The van der Waals surface area contributed by atoms with E-state index in [9.17, 15) is 15.0 Å². The first kappa shape index (κ1) is 19.3.